The molecule has 2 rings (SSSR count). The van der Waals surface area contributed by atoms with Gasteiger partial charge in [-0.25, -0.2) is 4.98 Å². The van der Waals surface area contributed by atoms with E-state index in [9.17, 15) is 0 Å². The van der Waals surface area contributed by atoms with Crippen molar-refractivity contribution in [3.05, 3.63) is 23.9 Å². The molecule has 1 aliphatic rings. The van der Waals surface area contributed by atoms with Crippen molar-refractivity contribution in [1.82, 2.24) is 4.98 Å². The van der Waals surface area contributed by atoms with Gasteiger partial charge in [0, 0.05) is 36.4 Å². The molecule has 0 spiro atoms. The number of hydrogen-bond acceptors (Lipinski definition) is 4. The molecular formula is C10H14N4S. The first kappa shape index (κ1) is 10.3. The fourth-order valence-electron chi connectivity index (χ4n) is 1.55. The third-order valence-electron chi connectivity index (χ3n) is 2.39. The molecule has 0 bridgehead atoms. The third kappa shape index (κ3) is 2.41. The summed E-state index contributed by atoms with van der Waals surface area (Å²) in [7, 11) is 0. The number of nitrogens with two attached hydrogens (primary N) is 1. The number of nitrogens with zero attached hydrogens (tertiary/aromatic N) is 2. The lowest BCUT2D eigenvalue weighted by Gasteiger charge is -2.27. The fraction of sp³-hybridized carbons (Fsp3) is 0.400. The Kier molecular flexibility index (Phi) is 3.11. The molecular weight excluding hydrogens is 208 g/mol. The highest BCUT2D eigenvalue weighted by molar-refractivity contribution is 7.99. The van der Waals surface area contributed by atoms with E-state index in [1.165, 1.54) is 0 Å². The zero-order chi connectivity index (χ0) is 10.7. The minimum absolute atomic E-state index is 0.102. The smallest absolute Gasteiger partial charge is 0.129 e. The molecule has 0 atom stereocenters. The number of nitrogen functional groups attached to an aromatic ring is 1. The first-order valence-electron chi connectivity index (χ1n) is 4.90. The molecule has 2 heterocycles. The van der Waals surface area contributed by atoms with Crippen molar-refractivity contribution in [2.24, 2.45) is 5.73 Å². The highest BCUT2D eigenvalue weighted by Gasteiger charge is 2.12. The third-order valence-corrected chi connectivity index (χ3v) is 3.33. The monoisotopic (exact) mass is 222 g/mol. The highest BCUT2D eigenvalue weighted by Crippen LogP contribution is 2.17. The maximum absolute atomic E-state index is 7.37. The summed E-state index contributed by atoms with van der Waals surface area (Å²) in [6.45, 7) is 2.05. The van der Waals surface area contributed by atoms with Crippen LogP contribution in [0.3, 0.4) is 0 Å². The van der Waals surface area contributed by atoms with Crippen molar-refractivity contribution in [1.29, 1.82) is 5.41 Å². The van der Waals surface area contributed by atoms with Crippen LogP contribution in [0.15, 0.2) is 18.3 Å². The first-order valence-corrected chi connectivity index (χ1v) is 6.06. The van der Waals surface area contributed by atoms with Gasteiger partial charge in [0.2, 0.25) is 0 Å². The van der Waals surface area contributed by atoms with Crippen molar-refractivity contribution in [2.45, 2.75) is 0 Å². The summed E-state index contributed by atoms with van der Waals surface area (Å²) in [5.41, 5.74) is 6.19. The number of anilines is 1. The highest BCUT2D eigenvalue weighted by atomic mass is 32.2. The van der Waals surface area contributed by atoms with Crippen LogP contribution in [0.25, 0.3) is 0 Å². The zero-order valence-electron chi connectivity index (χ0n) is 8.44. The summed E-state index contributed by atoms with van der Waals surface area (Å²) in [5.74, 6) is 3.32. The molecule has 3 N–H and O–H groups in total. The van der Waals surface area contributed by atoms with Gasteiger partial charge in [-0.2, -0.15) is 11.8 Å². The summed E-state index contributed by atoms with van der Waals surface area (Å²) in [5, 5.41) is 7.37. The lowest BCUT2D eigenvalue weighted by atomic mass is 10.2. The lowest BCUT2D eigenvalue weighted by molar-refractivity contribution is 0.839. The van der Waals surface area contributed by atoms with Crippen LogP contribution in [0.1, 0.15) is 5.56 Å². The second-order valence-electron chi connectivity index (χ2n) is 3.42. The van der Waals surface area contributed by atoms with Crippen molar-refractivity contribution in [2.75, 3.05) is 29.5 Å². The normalized spacial score (nSPS) is 16.4. The molecule has 1 saturated heterocycles. The molecule has 0 aromatic carbocycles. The van der Waals surface area contributed by atoms with Crippen LogP contribution in [0.5, 0.6) is 0 Å². The maximum Gasteiger partial charge on any atom is 0.129 e. The minimum Gasteiger partial charge on any atom is -0.384 e. The molecule has 1 aromatic rings. The molecule has 0 unspecified atom stereocenters. The van der Waals surface area contributed by atoms with Gasteiger partial charge in [0.1, 0.15) is 11.7 Å². The lowest BCUT2D eigenvalue weighted by Crippen LogP contribution is -2.33. The van der Waals surface area contributed by atoms with Gasteiger partial charge in [-0.15, -0.1) is 0 Å². The predicted molar refractivity (Wildman–Crippen MR) is 64.8 cm³/mol. The van der Waals surface area contributed by atoms with Crippen LogP contribution in [-0.2, 0) is 0 Å². The van der Waals surface area contributed by atoms with Crippen LogP contribution >= 0.6 is 11.8 Å². The summed E-state index contributed by atoms with van der Waals surface area (Å²) >= 11 is 1.97. The van der Waals surface area contributed by atoms with E-state index < -0.39 is 0 Å². The van der Waals surface area contributed by atoms with Gasteiger partial charge in [0.15, 0.2) is 0 Å². The largest absolute Gasteiger partial charge is 0.384 e. The summed E-state index contributed by atoms with van der Waals surface area (Å²) in [4.78, 5) is 6.55. The Hall–Kier alpha value is -1.23. The number of pyridine rings is 1. The summed E-state index contributed by atoms with van der Waals surface area (Å²) in [6, 6.07) is 3.66. The second-order valence-corrected chi connectivity index (χ2v) is 4.64. The Labute approximate surface area is 93.4 Å². The van der Waals surface area contributed by atoms with Gasteiger partial charge < -0.3 is 10.6 Å². The van der Waals surface area contributed by atoms with Crippen molar-refractivity contribution < 1.29 is 0 Å². The van der Waals surface area contributed by atoms with E-state index in [-0.39, 0.29) is 5.84 Å². The average Bonchev–Trinajstić information content (AvgIpc) is 2.30. The molecule has 4 nitrogen and oxygen atoms in total. The van der Waals surface area contributed by atoms with E-state index in [0.717, 1.165) is 36.0 Å². The fourth-order valence-corrected chi connectivity index (χ4v) is 2.45. The molecule has 5 heteroatoms. The Morgan fingerprint density at radius 1 is 1.47 bits per heavy atom. The van der Waals surface area contributed by atoms with Gasteiger partial charge in [0.05, 0.1) is 0 Å². The van der Waals surface area contributed by atoms with Crippen LogP contribution in [0.4, 0.5) is 5.82 Å². The molecule has 80 valence electrons. The number of hydrogen-bond donors (Lipinski definition) is 2. The van der Waals surface area contributed by atoms with E-state index in [4.69, 9.17) is 11.1 Å². The van der Waals surface area contributed by atoms with E-state index in [1.54, 1.807) is 12.3 Å². The van der Waals surface area contributed by atoms with Crippen molar-refractivity contribution in [3.63, 3.8) is 0 Å². The van der Waals surface area contributed by atoms with Gasteiger partial charge in [-0.3, -0.25) is 5.41 Å². The molecule has 15 heavy (non-hydrogen) atoms. The minimum atomic E-state index is 0.102. The van der Waals surface area contributed by atoms with E-state index >= 15 is 0 Å². The quantitative estimate of drug-likeness (QED) is 0.577. The van der Waals surface area contributed by atoms with Gasteiger partial charge in [-0.1, -0.05) is 0 Å². The van der Waals surface area contributed by atoms with Crippen LogP contribution in [0.2, 0.25) is 0 Å². The van der Waals surface area contributed by atoms with E-state index in [0.29, 0.717) is 0 Å². The molecule has 0 radical (unpaired) electrons. The number of nitrogens with one attached hydrogen (secondary N) is 1. The van der Waals surface area contributed by atoms with Crippen LogP contribution in [-0.4, -0.2) is 35.4 Å². The van der Waals surface area contributed by atoms with Crippen LogP contribution in [0, 0.1) is 5.41 Å². The van der Waals surface area contributed by atoms with E-state index in [2.05, 4.69) is 9.88 Å². The van der Waals surface area contributed by atoms with Gasteiger partial charge in [0.25, 0.3) is 0 Å². The Morgan fingerprint density at radius 2 is 2.20 bits per heavy atom. The molecule has 0 amide bonds. The summed E-state index contributed by atoms with van der Waals surface area (Å²) in [6.07, 6.45) is 1.72. The van der Waals surface area contributed by atoms with Gasteiger partial charge >= 0.3 is 0 Å². The summed E-state index contributed by atoms with van der Waals surface area (Å²) < 4.78 is 0. The van der Waals surface area contributed by atoms with Gasteiger partial charge in [-0.05, 0) is 12.1 Å². The second kappa shape index (κ2) is 4.53. The standard InChI is InChI=1S/C10H14N4S/c11-10(12)8-1-2-13-9(7-8)14-3-5-15-6-4-14/h1-2,7H,3-6H2,(H3,11,12). The SMILES string of the molecule is N=C(N)c1ccnc(N2CCSCC2)c1. The molecule has 1 aliphatic heterocycles. The van der Waals surface area contributed by atoms with E-state index in [1.807, 2.05) is 17.8 Å². The molecule has 0 saturated carbocycles. The Bertz CT molecular complexity index is 360. The average molecular weight is 222 g/mol. The van der Waals surface area contributed by atoms with Crippen molar-refractivity contribution >= 4 is 23.4 Å². The number of amidine groups is 1. The Balaban J connectivity index is 2.19. The molecule has 0 aliphatic carbocycles. The van der Waals surface area contributed by atoms with Crippen molar-refractivity contribution in [3.8, 4) is 0 Å². The molecule has 1 aromatic heterocycles. The number of rotatable bonds is 2. The number of aromatic nitrogens is 1. The molecule has 1 fully saturated rings. The number of thioether (sulfide) groups is 1. The Morgan fingerprint density at radius 3 is 2.87 bits per heavy atom. The maximum atomic E-state index is 7.37. The first-order chi connectivity index (χ1) is 7.27. The topological polar surface area (TPSA) is 66.0 Å². The predicted octanol–water partition coefficient (Wildman–Crippen LogP) is 0.919. The van der Waals surface area contributed by atoms with Crippen LogP contribution < -0.4 is 10.6 Å². The zero-order valence-corrected chi connectivity index (χ0v) is 9.26.